The minimum absolute atomic E-state index is 0.183. The Balaban J connectivity index is 1.41. The number of methoxy groups -OCH3 is 2. The summed E-state index contributed by atoms with van der Waals surface area (Å²) in [6.45, 7) is 4.67. The molecule has 0 spiro atoms. The second-order valence-electron chi connectivity index (χ2n) is 8.22. The molecule has 1 fully saturated rings. The molecule has 0 radical (unpaired) electrons. The summed E-state index contributed by atoms with van der Waals surface area (Å²) in [7, 11) is 3.34. The Hall–Kier alpha value is -2.87. The van der Waals surface area contributed by atoms with Crippen LogP contribution in [0, 0.1) is 0 Å². The summed E-state index contributed by atoms with van der Waals surface area (Å²) in [5.41, 5.74) is 3.42. The number of aliphatic hydroxyl groups excluding tert-OH is 1. The molecule has 7 nitrogen and oxygen atoms in total. The van der Waals surface area contributed by atoms with Gasteiger partial charge in [0.1, 0.15) is 11.5 Å². The number of para-hydroxylation sites is 1. The lowest BCUT2D eigenvalue weighted by Crippen LogP contribution is -2.52. The highest BCUT2D eigenvalue weighted by atomic mass is 16.5. The van der Waals surface area contributed by atoms with E-state index in [1.165, 1.54) is 5.56 Å². The number of aliphatic hydroxyl groups is 1. The molecule has 1 aliphatic heterocycles. The zero-order valence-corrected chi connectivity index (χ0v) is 18.9. The van der Waals surface area contributed by atoms with Crippen molar-refractivity contribution in [1.82, 2.24) is 19.6 Å². The van der Waals surface area contributed by atoms with E-state index in [0.717, 1.165) is 61.9 Å². The molecule has 170 valence electrons. The van der Waals surface area contributed by atoms with E-state index in [2.05, 4.69) is 45.4 Å². The van der Waals surface area contributed by atoms with Crippen molar-refractivity contribution in [2.75, 3.05) is 40.5 Å². The maximum Gasteiger partial charge on any atom is 0.122 e. The van der Waals surface area contributed by atoms with E-state index in [9.17, 15) is 5.11 Å². The van der Waals surface area contributed by atoms with E-state index in [0.29, 0.717) is 0 Å². The van der Waals surface area contributed by atoms with Crippen molar-refractivity contribution < 1.29 is 14.6 Å². The Labute approximate surface area is 189 Å². The van der Waals surface area contributed by atoms with Gasteiger partial charge in [-0.25, -0.2) is 4.68 Å². The van der Waals surface area contributed by atoms with Crippen molar-refractivity contribution in [2.45, 2.75) is 25.6 Å². The smallest absolute Gasteiger partial charge is 0.122 e. The average Bonchev–Trinajstić information content (AvgIpc) is 3.29. The van der Waals surface area contributed by atoms with Crippen LogP contribution in [0.15, 0.2) is 60.9 Å². The van der Waals surface area contributed by atoms with Crippen molar-refractivity contribution in [1.29, 1.82) is 0 Å². The quantitative estimate of drug-likeness (QED) is 0.557. The first kappa shape index (κ1) is 22.3. The van der Waals surface area contributed by atoms with Gasteiger partial charge in [0.25, 0.3) is 0 Å². The van der Waals surface area contributed by atoms with Crippen LogP contribution in [0.5, 0.6) is 11.5 Å². The van der Waals surface area contributed by atoms with Gasteiger partial charge in [-0.3, -0.25) is 9.80 Å². The zero-order valence-electron chi connectivity index (χ0n) is 18.9. The molecule has 1 atom stereocenters. The van der Waals surface area contributed by atoms with Crippen LogP contribution in [0.4, 0.5) is 0 Å². The largest absolute Gasteiger partial charge is 0.497 e. The Morgan fingerprint density at radius 1 is 0.969 bits per heavy atom. The minimum Gasteiger partial charge on any atom is -0.497 e. The van der Waals surface area contributed by atoms with Crippen LogP contribution < -0.4 is 9.47 Å². The molecule has 32 heavy (non-hydrogen) atoms. The third-order valence-corrected chi connectivity index (χ3v) is 6.01. The molecule has 1 saturated heterocycles. The highest BCUT2D eigenvalue weighted by molar-refractivity contribution is 5.38. The molecule has 1 aromatic heterocycles. The van der Waals surface area contributed by atoms with Crippen molar-refractivity contribution in [3.8, 4) is 17.2 Å². The number of ether oxygens (including phenoxy) is 2. The van der Waals surface area contributed by atoms with Gasteiger partial charge in [-0.2, -0.15) is 5.10 Å². The van der Waals surface area contributed by atoms with Crippen LogP contribution in [0.3, 0.4) is 0 Å². The van der Waals surface area contributed by atoms with Gasteiger partial charge in [-0.15, -0.1) is 0 Å². The average molecular weight is 437 g/mol. The number of aromatic nitrogens is 2. The predicted molar refractivity (Wildman–Crippen MR) is 124 cm³/mol. The van der Waals surface area contributed by atoms with Crippen LogP contribution in [-0.4, -0.2) is 71.2 Å². The minimum atomic E-state index is 0.183. The second kappa shape index (κ2) is 10.6. The monoisotopic (exact) mass is 436 g/mol. The second-order valence-corrected chi connectivity index (χ2v) is 8.22. The molecule has 0 saturated carbocycles. The molecular weight excluding hydrogens is 404 g/mol. The van der Waals surface area contributed by atoms with Crippen LogP contribution in [0.25, 0.3) is 5.69 Å². The van der Waals surface area contributed by atoms with Gasteiger partial charge in [-0.1, -0.05) is 18.2 Å². The van der Waals surface area contributed by atoms with E-state index >= 15 is 0 Å². The Kier molecular flexibility index (Phi) is 7.42. The number of benzene rings is 2. The maximum absolute atomic E-state index is 9.67. The summed E-state index contributed by atoms with van der Waals surface area (Å²) in [6.07, 6.45) is 4.80. The summed E-state index contributed by atoms with van der Waals surface area (Å²) >= 11 is 0. The van der Waals surface area contributed by atoms with E-state index in [-0.39, 0.29) is 12.6 Å². The van der Waals surface area contributed by atoms with Crippen molar-refractivity contribution in [3.05, 3.63) is 72.1 Å². The van der Waals surface area contributed by atoms with Crippen molar-refractivity contribution in [3.63, 3.8) is 0 Å². The summed E-state index contributed by atoms with van der Waals surface area (Å²) in [4.78, 5) is 4.91. The van der Waals surface area contributed by atoms with Crippen LogP contribution in [-0.2, 0) is 13.1 Å². The molecule has 7 heteroatoms. The fourth-order valence-corrected chi connectivity index (χ4v) is 4.35. The number of hydrogen-bond acceptors (Lipinski definition) is 6. The van der Waals surface area contributed by atoms with E-state index in [4.69, 9.17) is 9.47 Å². The first-order valence-electron chi connectivity index (χ1n) is 11.1. The van der Waals surface area contributed by atoms with Crippen LogP contribution in [0.1, 0.15) is 17.5 Å². The molecule has 3 aromatic rings. The summed E-state index contributed by atoms with van der Waals surface area (Å²) in [5.74, 6) is 1.60. The first-order valence-corrected chi connectivity index (χ1v) is 11.1. The molecule has 1 aliphatic rings. The molecule has 2 heterocycles. The van der Waals surface area contributed by atoms with Crippen LogP contribution >= 0.6 is 0 Å². The summed E-state index contributed by atoms with van der Waals surface area (Å²) < 4.78 is 12.8. The standard InChI is InChI=1S/C25H32N4O3/c1-31-24-12-20(13-25(14-24)32-2)17-28-10-9-27(19-23(28)8-11-30)16-21-15-26-29(18-21)22-6-4-3-5-7-22/h3-7,12-15,18,23,30H,8-11,16-17,19H2,1-2H3. The Bertz CT molecular complexity index is 970. The van der Waals surface area contributed by atoms with Gasteiger partial charge in [0.2, 0.25) is 0 Å². The van der Waals surface area contributed by atoms with Gasteiger partial charge < -0.3 is 14.6 Å². The van der Waals surface area contributed by atoms with Gasteiger partial charge in [0, 0.05) is 63.2 Å². The lowest BCUT2D eigenvalue weighted by Gasteiger charge is -2.41. The highest BCUT2D eigenvalue weighted by Gasteiger charge is 2.27. The summed E-state index contributed by atoms with van der Waals surface area (Å²) in [6, 6.07) is 16.5. The molecule has 1 unspecified atom stereocenters. The molecule has 0 aliphatic carbocycles. The Morgan fingerprint density at radius 2 is 1.72 bits per heavy atom. The highest BCUT2D eigenvalue weighted by Crippen LogP contribution is 2.25. The molecule has 2 aromatic carbocycles. The third kappa shape index (κ3) is 5.48. The lowest BCUT2D eigenvalue weighted by molar-refractivity contribution is 0.0499. The van der Waals surface area contributed by atoms with E-state index < -0.39 is 0 Å². The third-order valence-electron chi connectivity index (χ3n) is 6.01. The maximum atomic E-state index is 9.67. The Morgan fingerprint density at radius 3 is 2.41 bits per heavy atom. The van der Waals surface area contributed by atoms with Gasteiger partial charge in [-0.05, 0) is 36.2 Å². The van der Waals surface area contributed by atoms with E-state index in [1.54, 1.807) is 14.2 Å². The molecular formula is C25H32N4O3. The van der Waals surface area contributed by atoms with Gasteiger partial charge in [0.05, 0.1) is 26.1 Å². The SMILES string of the molecule is COc1cc(CN2CCN(Cc3cnn(-c4ccccc4)c3)CC2CCO)cc(OC)c1. The predicted octanol–water partition coefficient (Wildman–Crippen LogP) is 2.96. The topological polar surface area (TPSA) is 63.0 Å². The fraction of sp³-hybridized carbons (Fsp3) is 0.400. The zero-order chi connectivity index (χ0) is 22.3. The lowest BCUT2D eigenvalue weighted by atomic mass is 10.1. The van der Waals surface area contributed by atoms with Crippen molar-refractivity contribution in [2.24, 2.45) is 0 Å². The van der Waals surface area contributed by atoms with Crippen LogP contribution in [0.2, 0.25) is 0 Å². The number of nitrogens with zero attached hydrogens (tertiary/aromatic N) is 4. The fourth-order valence-electron chi connectivity index (χ4n) is 4.35. The normalized spacial score (nSPS) is 17.4. The van der Waals surface area contributed by atoms with E-state index in [1.807, 2.05) is 35.1 Å². The molecule has 4 rings (SSSR count). The number of piperazine rings is 1. The molecule has 1 N–H and O–H groups in total. The summed E-state index contributed by atoms with van der Waals surface area (Å²) in [5, 5.41) is 14.2. The van der Waals surface area contributed by atoms with Gasteiger partial charge in [0.15, 0.2) is 0 Å². The molecule has 0 bridgehead atoms. The first-order chi connectivity index (χ1) is 15.7. The van der Waals surface area contributed by atoms with Crippen molar-refractivity contribution >= 4 is 0 Å². The molecule has 0 amide bonds. The number of rotatable bonds is 9. The number of hydrogen-bond donors (Lipinski definition) is 1. The van der Waals surface area contributed by atoms with Gasteiger partial charge >= 0.3 is 0 Å².